The van der Waals surface area contributed by atoms with Gasteiger partial charge in [0.25, 0.3) is 5.91 Å². The number of anilines is 1. The van der Waals surface area contributed by atoms with Crippen molar-refractivity contribution >= 4 is 29.3 Å². The number of nitrogens with zero attached hydrogens (tertiary/aromatic N) is 3. The van der Waals surface area contributed by atoms with Crippen LogP contribution in [-0.4, -0.2) is 27.9 Å². The molecule has 2 aromatic carbocycles. The maximum atomic E-state index is 12.9. The van der Waals surface area contributed by atoms with Gasteiger partial charge in [-0.15, -0.1) is 11.8 Å². The molecule has 156 valence electrons. The van der Waals surface area contributed by atoms with Crippen molar-refractivity contribution in [3.05, 3.63) is 76.6 Å². The van der Waals surface area contributed by atoms with Crippen molar-refractivity contribution in [3.8, 4) is 0 Å². The van der Waals surface area contributed by atoms with Crippen LogP contribution in [0.5, 0.6) is 0 Å². The van der Waals surface area contributed by atoms with Gasteiger partial charge in [0, 0.05) is 34.5 Å². The molecule has 7 heteroatoms. The Bertz CT molecular complexity index is 1090. The molecule has 30 heavy (non-hydrogen) atoms. The van der Waals surface area contributed by atoms with E-state index in [0.717, 1.165) is 33.1 Å². The van der Waals surface area contributed by atoms with Gasteiger partial charge in [-0.3, -0.25) is 14.8 Å². The molecule has 0 aliphatic heterocycles. The predicted molar refractivity (Wildman–Crippen MR) is 124 cm³/mol. The summed E-state index contributed by atoms with van der Waals surface area (Å²) in [7, 11) is 1.92. The molecule has 0 spiro atoms. The van der Waals surface area contributed by atoms with Gasteiger partial charge in [0.05, 0.1) is 12.2 Å². The van der Waals surface area contributed by atoms with Gasteiger partial charge in [0.15, 0.2) is 0 Å². The quantitative estimate of drug-likeness (QED) is 0.362. The normalized spacial score (nSPS) is 11.4. The minimum atomic E-state index is -0.194. The van der Waals surface area contributed by atoms with Crippen LogP contribution in [0.3, 0.4) is 0 Å². The van der Waals surface area contributed by atoms with Crippen LogP contribution >= 0.6 is 11.8 Å². The third-order valence-corrected chi connectivity index (χ3v) is 5.73. The van der Waals surface area contributed by atoms with E-state index in [-0.39, 0.29) is 5.91 Å². The van der Waals surface area contributed by atoms with E-state index in [1.54, 1.807) is 11.8 Å². The topological polar surface area (TPSA) is 71.3 Å². The largest absolute Gasteiger partial charge is 0.326 e. The molecule has 2 N–H and O–H groups in total. The summed E-state index contributed by atoms with van der Waals surface area (Å²) in [4.78, 5) is 18.7. The molecule has 3 rings (SSSR count). The molecule has 0 saturated heterocycles. The van der Waals surface area contributed by atoms with Crippen LogP contribution in [0.2, 0.25) is 0 Å². The first kappa shape index (κ1) is 21.6. The number of carbonyl (C=O) groups is 1. The van der Waals surface area contributed by atoms with E-state index < -0.39 is 0 Å². The Morgan fingerprint density at radius 1 is 1.13 bits per heavy atom. The number of aryl methyl sites for hydroxylation is 3. The fourth-order valence-corrected chi connectivity index (χ4v) is 3.61. The lowest BCUT2D eigenvalue weighted by molar-refractivity contribution is 0.0976. The zero-order chi connectivity index (χ0) is 21.7. The lowest BCUT2D eigenvalue weighted by atomic mass is 10.1. The summed E-state index contributed by atoms with van der Waals surface area (Å²) in [5, 5.41) is 10.7. The highest BCUT2D eigenvalue weighted by Crippen LogP contribution is 2.19. The zero-order valence-corrected chi connectivity index (χ0v) is 18.8. The number of hydrogen-bond acceptors (Lipinski definition) is 4. The molecule has 0 aliphatic rings. The molecule has 0 fully saturated rings. The maximum Gasteiger partial charge on any atom is 0.258 e. The van der Waals surface area contributed by atoms with E-state index in [4.69, 9.17) is 0 Å². The minimum absolute atomic E-state index is 0.194. The summed E-state index contributed by atoms with van der Waals surface area (Å²) in [6.07, 6.45) is 2.03. The Hall–Kier alpha value is -3.06. The van der Waals surface area contributed by atoms with Crippen molar-refractivity contribution in [1.82, 2.24) is 15.1 Å². The van der Waals surface area contributed by atoms with E-state index in [9.17, 15) is 4.79 Å². The summed E-state index contributed by atoms with van der Waals surface area (Å²) in [6, 6.07) is 15.5. The van der Waals surface area contributed by atoms with Crippen LogP contribution in [0.15, 0.2) is 58.4 Å². The monoisotopic (exact) mass is 421 g/mol. The number of aliphatic imine (C=N–C) groups is 1. The molecule has 0 radical (unpaired) electrons. The van der Waals surface area contributed by atoms with E-state index in [2.05, 4.69) is 20.7 Å². The molecule has 0 unspecified atom stereocenters. The zero-order valence-electron chi connectivity index (χ0n) is 18.0. The Morgan fingerprint density at radius 2 is 1.90 bits per heavy atom. The molecule has 0 atom stereocenters. The molecular formula is C23H27N5OS. The number of guanidine groups is 1. The maximum absolute atomic E-state index is 12.9. The first-order chi connectivity index (χ1) is 14.4. The summed E-state index contributed by atoms with van der Waals surface area (Å²) in [6.45, 7) is 6.33. The van der Waals surface area contributed by atoms with Gasteiger partial charge in [-0.25, -0.2) is 4.99 Å². The van der Waals surface area contributed by atoms with Gasteiger partial charge in [0.2, 0.25) is 5.96 Å². The standard InChI is InChI=1S/C23H27N5OS/c1-15-9-6-7-12-20(15)22(29)26-23(25-18-10-8-11-19(13-18)30-5)24-14-21-16(2)27-28(4)17(21)3/h6-13H,14H2,1-5H3,(H2,24,25,26,29). The van der Waals surface area contributed by atoms with E-state index in [1.807, 2.05) is 87.3 Å². The molecule has 6 nitrogen and oxygen atoms in total. The van der Waals surface area contributed by atoms with E-state index in [1.165, 1.54) is 0 Å². The Labute approximate surface area is 181 Å². The Morgan fingerprint density at radius 3 is 2.57 bits per heavy atom. The van der Waals surface area contributed by atoms with Gasteiger partial charge >= 0.3 is 0 Å². The molecule has 0 bridgehead atoms. The Kier molecular flexibility index (Phi) is 6.95. The number of nitrogens with one attached hydrogen (secondary N) is 2. The highest BCUT2D eigenvalue weighted by atomic mass is 32.2. The lowest BCUT2D eigenvalue weighted by Gasteiger charge is -2.13. The second-order valence-electron chi connectivity index (χ2n) is 7.06. The second kappa shape index (κ2) is 9.63. The van der Waals surface area contributed by atoms with Crippen LogP contribution in [0.25, 0.3) is 0 Å². The van der Waals surface area contributed by atoms with Gasteiger partial charge in [-0.2, -0.15) is 5.10 Å². The van der Waals surface area contributed by atoms with Crippen molar-refractivity contribution in [2.75, 3.05) is 11.6 Å². The van der Waals surface area contributed by atoms with Crippen LogP contribution in [-0.2, 0) is 13.6 Å². The summed E-state index contributed by atoms with van der Waals surface area (Å²) in [5.41, 5.74) is 5.46. The summed E-state index contributed by atoms with van der Waals surface area (Å²) in [5.74, 6) is 0.212. The summed E-state index contributed by atoms with van der Waals surface area (Å²) >= 11 is 1.66. The van der Waals surface area contributed by atoms with Gasteiger partial charge in [-0.1, -0.05) is 24.3 Å². The van der Waals surface area contributed by atoms with Crippen LogP contribution in [0.4, 0.5) is 5.69 Å². The summed E-state index contributed by atoms with van der Waals surface area (Å²) < 4.78 is 1.85. The first-order valence-electron chi connectivity index (χ1n) is 9.70. The number of thioether (sulfide) groups is 1. The van der Waals surface area contributed by atoms with Gasteiger partial charge in [-0.05, 0) is 56.9 Å². The molecule has 1 heterocycles. The van der Waals surface area contributed by atoms with Crippen molar-refractivity contribution in [2.24, 2.45) is 12.0 Å². The molecular weight excluding hydrogens is 394 g/mol. The predicted octanol–water partition coefficient (Wildman–Crippen LogP) is 4.47. The number of carbonyl (C=O) groups excluding carboxylic acids is 1. The van der Waals surface area contributed by atoms with Crippen molar-refractivity contribution in [1.29, 1.82) is 0 Å². The highest BCUT2D eigenvalue weighted by Gasteiger charge is 2.13. The minimum Gasteiger partial charge on any atom is -0.326 e. The lowest BCUT2D eigenvalue weighted by Crippen LogP contribution is -2.36. The van der Waals surface area contributed by atoms with Gasteiger partial charge in [0.1, 0.15) is 0 Å². The second-order valence-corrected chi connectivity index (χ2v) is 7.94. The molecule has 0 aliphatic carbocycles. The SMILES string of the molecule is CSc1cccc(NC(=NCc2c(C)nn(C)c2C)NC(=O)c2ccccc2C)c1. The fourth-order valence-electron chi connectivity index (χ4n) is 3.15. The average Bonchev–Trinajstić information content (AvgIpc) is 2.97. The number of benzene rings is 2. The third-order valence-electron chi connectivity index (χ3n) is 5.01. The smallest absolute Gasteiger partial charge is 0.258 e. The molecule has 3 aromatic rings. The van der Waals surface area contributed by atoms with Crippen LogP contribution < -0.4 is 10.6 Å². The fraction of sp³-hybridized carbons (Fsp3) is 0.261. The van der Waals surface area contributed by atoms with E-state index in [0.29, 0.717) is 18.1 Å². The van der Waals surface area contributed by atoms with Crippen molar-refractivity contribution in [3.63, 3.8) is 0 Å². The van der Waals surface area contributed by atoms with Crippen LogP contribution in [0.1, 0.15) is 32.9 Å². The first-order valence-corrected chi connectivity index (χ1v) is 10.9. The average molecular weight is 422 g/mol. The number of rotatable bonds is 5. The number of amides is 1. The number of hydrogen-bond donors (Lipinski definition) is 2. The van der Waals surface area contributed by atoms with Crippen LogP contribution in [0, 0.1) is 20.8 Å². The third kappa shape index (κ3) is 5.10. The van der Waals surface area contributed by atoms with Gasteiger partial charge < -0.3 is 5.32 Å². The van der Waals surface area contributed by atoms with E-state index >= 15 is 0 Å². The molecule has 1 amide bonds. The number of aromatic nitrogens is 2. The molecule has 1 aromatic heterocycles. The Balaban J connectivity index is 1.89. The molecule has 0 saturated carbocycles. The van der Waals surface area contributed by atoms with Crippen molar-refractivity contribution in [2.45, 2.75) is 32.2 Å². The van der Waals surface area contributed by atoms with Crippen molar-refractivity contribution < 1.29 is 4.79 Å². The highest BCUT2D eigenvalue weighted by molar-refractivity contribution is 7.98.